The third-order valence-electron chi connectivity index (χ3n) is 3.20. The molecule has 1 aliphatic carbocycles. The van der Waals surface area contributed by atoms with Crippen LogP contribution in [0.3, 0.4) is 0 Å². The molecule has 1 aromatic carbocycles. The van der Waals surface area contributed by atoms with Gasteiger partial charge in [0.05, 0.1) is 10.0 Å². The van der Waals surface area contributed by atoms with Gasteiger partial charge in [0.15, 0.2) is 0 Å². The van der Waals surface area contributed by atoms with Crippen molar-refractivity contribution in [2.75, 3.05) is 6.61 Å². The van der Waals surface area contributed by atoms with E-state index in [2.05, 4.69) is 15.9 Å². The summed E-state index contributed by atoms with van der Waals surface area (Å²) in [5, 5.41) is 0. The summed E-state index contributed by atoms with van der Waals surface area (Å²) in [5.41, 5.74) is 6.20. The predicted molar refractivity (Wildman–Crippen MR) is 69.6 cm³/mol. The van der Waals surface area contributed by atoms with Crippen molar-refractivity contribution in [1.82, 2.24) is 0 Å². The molecule has 1 aliphatic rings. The van der Waals surface area contributed by atoms with Crippen LogP contribution in [0.5, 0.6) is 5.75 Å². The number of benzene rings is 1. The first-order valence-corrected chi connectivity index (χ1v) is 6.65. The lowest BCUT2D eigenvalue weighted by atomic mass is 9.83. The van der Waals surface area contributed by atoms with E-state index >= 15 is 0 Å². The van der Waals surface area contributed by atoms with Crippen molar-refractivity contribution in [1.29, 1.82) is 0 Å². The topological polar surface area (TPSA) is 35.2 Å². The van der Waals surface area contributed by atoms with E-state index in [9.17, 15) is 0 Å². The Balaban J connectivity index is 1.94. The highest BCUT2D eigenvalue weighted by atomic mass is 79.9. The minimum absolute atomic E-state index is 0.118. The molecular weight excluding hydrogens is 266 g/mol. The van der Waals surface area contributed by atoms with Gasteiger partial charge in [-0.3, -0.25) is 0 Å². The molecule has 0 spiro atoms. The maximum atomic E-state index is 6.32. The van der Waals surface area contributed by atoms with Crippen LogP contribution >= 0.6 is 15.9 Å². The van der Waals surface area contributed by atoms with Crippen LogP contribution < -0.4 is 10.5 Å². The van der Waals surface area contributed by atoms with Crippen LogP contribution in [0.25, 0.3) is 0 Å². The maximum Gasteiger partial charge on any atom is 0.133 e. The number of rotatable bonds is 3. The molecule has 0 bridgehead atoms. The first-order valence-electron chi connectivity index (χ1n) is 5.86. The average Bonchev–Trinajstić information content (AvgIpc) is 2.29. The largest absolute Gasteiger partial charge is 0.490 e. The van der Waals surface area contributed by atoms with Crippen molar-refractivity contribution in [3.05, 3.63) is 28.7 Å². The van der Waals surface area contributed by atoms with E-state index in [1.165, 1.54) is 19.3 Å². The highest BCUT2D eigenvalue weighted by molar-refractivity contribution is 9.10. The molecule has 0 amide bonds. The van der Waals surface area contributed by atoms with Gasteiger partial charge in [0.25, 0.3) is 0 Å². The molecular formula is C13H18BrNO. The van der Waals surface area contributed by atoms with E-state index in [0.29, 0.717) is 6.61 Å². The predicted octanol–water partition coefficient (Wildman–Crippen LogP) is 3.49. The average molecular weight is 284 g/mol. The highest BCUT2D eigenvalue weighted by Gasteiger charge is 2.28. The fraction of sp³-hybridized carbons (Fsp3) is 0.538. The van der Waals surface area contributed by atoms with Crippen LogP contribution in [0.1, 0.15) is 32.1 Å². The zero-order valence-electron chi connectivity index (χ0n) is 9.42. The van der Waals surface area contributed by atoms with Crippen molar-refractivity contribution in [3.8, 4) is 5.75 Å². The fourth-order valence-corrected chi connectivity index (χ4v) is 2.58. The van der Waals surface area contributed by atoms with E-state index in [0.717, 1.165) is 23.1 Å². The molecule has 0 unspecified atom stereocenters. The van der Waals surface area contributed by atoms with E-state index in [4.69, 9.17) is 10.5 Å². The van der Waals surface area contributed by atoms with Crippen LogP contribution in [0.4, 0.5) is 0 Å². The number of nitrogens with two attached hydrogens (primary N) is 1. The molecule has 2 N–H and O–H groups in total. The van der Waals surface area contributed by atoms with Crippen molar-refractivity contribution in [2.45, 2.75) is 37.6 Å². The van der Waals surface area contributed by atoms with Gasteiger partial charge in [-0.2, -0.15) is 0 Å². The molecule has 2 rings (SSSR count). The van der Waals surface area contributed by atoms with Crippen LogP contribution in [-0.2, 0) is 0 Å². The van der Waals surface area contributed by atoms with Gasteiger partial charge in [-0.25, -0.2) is 0 Å². The van der Waals surface area contributed by atoms with Crippen LogP contribution in [0.2, 0.25) is 0 Å². The molecule has 3 heteroatoms. The summed E-state index contributed by atoms with van der Waals surface area (Å²) in [7, 11) is 0. The Kier molecular flexibility index (Phi) is 3.87. The SMILES string of the molecule is NC1(COc2ccccc2Br)CCCCC1. The van der Waals surface area contributed by atoms with Gasteiger partial charge in [0.2, 0.25) is 0 Å². The minimum atomic E-state index is -0.118. The molecule has 0 aromatic heterocycles. The summed E-state index contributed by atoms with van der Waals surface area (Å²) in [5.74, 6) is 0.887. The maximum absolute atomic E-state index is 6.32. The second kappa shape index (κ2) is 5.19. The lowest BCUT2D eigenvalue weighted by Gasteiger charge is -2.33. The lowest BCUT2D eigenvalue weighted by molar-refractivity contribution is 0.173. The van der Waals surface area contributed by atoms with Crippen molar-refractivity contribution in [3.63, 3.8) is 0 Å². The minimum Gasteiger partial charge on any atom is -0.490 e. The summed E-state index contributed by atoms with van der Waals surface area (Å²) in [6.45, 7) is 0.621. The zero-order chi connectivity index (χ0) is 11.4. The molecule has 0 saturated heterocycles. The van der Waals surface area contributed by atoms with Gasteiger partial charge in [-0.15, -0.1) is 0 Å². The van der Waals surface area contributed by atoms with E-state index < -0.39 is 0 Å². The third kappa shape index (κ3) is 2.98. The standard InChI is InChI=1S/C13H18BrNO/c14-11-6-2-3-7-12(11)16-10-13(15)8-4-1-5-9-13/h2-3,6-7H,1,4-5,8-10,15H2. The summed E-state index contributed by atoms with van der Waals surface area (Å²) >= 11 is 3.47. The van der Waals surface area contributed by atoms with Gasteiger partial charge < -0.3 is 10.5 Å². The first-order chi connectivity index (χ1) is 7.70. The summed E-state index contributed by atoms with van der Waals surface area (Å²) < 4.78 is 6.80. The van der Waals surface area contributed by atoms with Crippen molar-refractivity contribution in [2.24, 2.45) is 5.73 Å². The second-order valence-corrected chi connectivity index (χ2v) is 5.50. The van der Waals surface area contributed by atoms with E-state index in [1.54, 1.807) is 0 Å². The molecule has 0 aliphatic heterocycles. The third-order valence-corrected chi connectivity index (χ3v) is 3.86. The Morgan fingerprint density at radius 1 is 1.19 bits per heavy atom. The summed E-state index contributed by atoms with van der Waals surface area (Å²) in [6.07, 6.45) is 5.94. The van der Waals surface area contributed by atoms with Crippen LogP contribution in [-0.4, -0.2) is 12.1 Å². The van der Waals surface area contributed by atoms with Gasteiger partial charge >= 0.3 is 0 Å². The number of hydrogen-bond donors (Lipinski definition) is 1. The molecule has 1 fully saturated rings. The fourth-order valence-electron chi connectivity index (χ4n) is 2.18. The quantitative estimate of drug-likeness (QED) is 0.922. The number of hydrogen-bond acceptors (Lipinski definition) is 2. The molecule has 0 heterocycles. The molecule has 1 saturated carbocycles. The van der Waals surface area contributed by atoms with Crippen molar-refractivity contribution >= 4 is 15.9 Å². The van der Waals surface area contributed by atoms with E-state index in [-0.39, 0.29) is 5.54 Å². The van der Waals surface area contributed by atoms with Gasteiger partial charge in [-0.1, -0.05) is 31.4 Å². The Bertz CT molecular complexity index is 348. The molecule has 88 valence electrons. The zero-order valence-corrected chi connectivity index (χ0v) is 11.0. The molecule has 1 aromatic rings. The first kappa shape index (κ1) is 11.9. The lowest BCUT2D eigenvalue weighted by Crippen LogP contribution is -2.47. The number of ether oxygens (including phenoxy) is 1. The van der Waals surface area contributed by atoms with Gasteiger partial charge in [0.1, 0.15) is 12.4 Å². The van der Waals surface area contributed by atoms with Crippen LogP contribution in [0.15, 0.2) is 28.7 Å². The highest BCUT2D eigenvalue weighted by Crippen LogP contribution is 2.29. The van der Waals surface area contributed by atoms with E-state index in [1.807, 2.05) is 24.3 Å². The second-order valence-electron chi connectivity index (χ2n) is 4.64. The summed E-state index contributed by atoms with van der Waals surface area (Å²) in [6, 6.07) is 7.91. The molecule has 0 atom stereocenters. The normalized spacial score (nSPS) is 19.4. The Hall–Kier alpha value is -0.540. The Labute approximate surface area is 105 Å². The molecule has 2 nitrogen and oxygen atoms in total. The number of para-hydroxylation sites is 1. The number of halogens is 1. The van der Waals surface area contributed by atoms with Crippen LogP contribution in [0, 0.1) is 0 Å². The van der Waals surface area contributed by atoms with Gasteiger partial charge in [-0.05, 0) is 40.9 Å². The molecule has 0 radical (unpaired) electrons. The monoisotopic (exact) mass is 283 g/mol. The smallest absolute Gasteiger partial charge is 0.133 e. The Morgan fingerprint density at radius 3 is 2.56 bits per heavy atom. The molecule has 16 heavy (non-hydrogen) atoms. The van der Waals surface area contributed by atoms with Gasteiger partial charge in [0, 0.05) is 0 Å². The van der Waals surface area contributed by atoms with Crippen molar-refractivity contribution < 1.29 is 4.74 Å². The Morgan fingerprint density at radius 2 is 1.88 bits per heavy atom. The summed E-state index contributed by atoms with van der Waals surface area (Å²) in [4.78, 5) is 0.